The number of sulfonamides is 1. The minimum atomic E-state index is -3.68. The van der Waals surface area contributed by atoms with Crippen LogP contribution < -0.4 is 10.0 Å². The molecule has 3 rings (SSSR count). The third-order valence-electron chi connectivity index (χ3n) is 4.50. The van der Waals surface area contributed by atoms with Crippen LogP contribution in [0, 0.1) is 0 Å². The van der Waals surface area contributed by atoms with E-state index in [2.05, 4.69) is 10.0 Å². The maximum absolute atomic E-state index is 12.3. The van der Waals surface area contributed by atoms with E-state index in [0.29, 0.717) is 6.61 Å². The molecule has 2 atom stereocenters. The molecule has 1 heterocycles. The molecule has 0 bridgehead atoms. The second kappa shape index (κ2) is 8.37. The summed E-state index contributed by atoms with van der Waals surface area (Å²) >= 11 is 0. The van der Waals surface area contributed by atoms with Gasteiger partial charge in [0.15, 0.2) is 6.10 Å². The van der Waals surface area contributed by atoms with Crippen LogP contribution in [0.25, 0.3) is 0 Å². The molecule has 1 saturated heterocycles. The largest absolute Gasteiger partial charge is 0.449 e. The molecule has 1 aliphatic carbocycles. The number of rotatable bonds is 8. The summed E-state index contributed by atoms with van der Waals surface area (Å²) in [5, 5.41) is 2.76. The van der Waals surface area contributed by atoms with Crippen molar-refractivity contribution in [2.24, 2.45) is 0 Å². The third-order valence-corrected chi connectivity index (χ3v) is 5.94. The molecule has 1 aromatic rings. The van der Waals surface area contributed by atoms with Crippen molar-refractivity contribution in [2.75, 3.05) is 13.2 Å². The second-order valence-corrected chi connectivity index (χ2v) is 8.61. The first-order chi connectivity index (χ1) is 12.8. The average molecular weight is 396 g/mol. The summed E-state index contributed by atoms with van der Waals surface area (Å²) in [6.07, 6.45) is 2.65. The zero-order valence-corrected chi connectivity index (χ0v) is 16.0. The molecule has 1 aromatic carbocycles. The second-order valence-electron chi connectivity index (χ2n) is 6.84. The topological polar surface area (TPSA) is 111 Å². The summed E-state index contributed by atoms with van der Waals surface area (Å²) in [6, 6.07) is 5.60. The van der Waals surface area contributed by atoms with E-state index in [0.717, 1.165) is 25.7 Å². The van der Waals surface area contributed by atoms with Gasteiger partial charge < -0.3 is 14.8 Å². The van der Waals surface area contributed by atoms with Gasteiger partial charge in [0.1, 0.15) is 0 Å². The van der Waals surface area contributed by atoms with Crippen LogP contribution in [0.3, 0.4) is 0 Å². The Labute approximate surface area is 158 Å². The summed E-state index contributed by atoms with van der Waals surface area (Å²) in [5.41, 5.74) is 0.180. The maximum Gasteiger partial charge on any atom is 0.338 e. The Kier molecular flexibility index (Phi) is 6.13. The Bertz CT molecular complexity index is 783. The van der Waals surface area contributed by atoms with Crippen molar-refractivity contribution >= 4 is 21.9 Å². The zero-order chi connectivity index (χ0) is 19.4. The SMILES string of the molecule is C[C@H](OC(=O)c1ccc(S(=O)(=O)NC[C@@H]2CCCO2)cc1)C(=O)NC1CC1. The molecule has 9 heteroatoms. The quantitative estimate of drug-likeness (QED) is 0.634. The van der Waals surface area contributed by atoms with E-state index in [9.17, 15) is 18.0 Å². The van der Waals surface area contributed by atoms with Crippen molar-refractivity contribution in [3.63, 3.8) is 0 Å². The molecule has 0 radical (unpaired) electrons. The van der Waals surface area contributed by atoms with E-state index in [1.165, 1.54) is 31.2 Å². The molecular formula is C18H24N2O6S. The first-order valence-electron chi connectivity index (χ1n) is 9.08. The fraction of sp³-hybridized carbons (Fsp3) is 0.556. The minimum Gasteiger partial charge on any atom is -0.449 e. The normalized spacial score (nSPS) is 20.9. The average Bonchev–Trinajstić information content (AvgIpc) is 3.30. The van der Waals surface area contributed by atoms with Gasteiger partial charge in [0, 0.05) is 19.2 Å². The molecule has 0 aromatic heterocycles. The van der Waals surface area contributed by atoms with Crippen LogP contribution in [0.5, 0.6) is 0 Å². The fourth-order valence-electron chi connectivity index (χ4n) is 2.69. The number of carbonyl (C=O) groups is 2. The number of ether oxygens (including phenoxy) is 2. The number of hydrogen-bond acceptors (Lipinski definition) is 6. The van der Waals surface area contributed by atoms with Crippen LogP contribution in [-0.2, 0) is 24.3 Å². The molecular weight excluding hydrogens is 372 g/mol. The zero-order valence-electron chi connectivity index (χ0n) is 15.1. The Balaban J connectivity index is 1.54. The van der Waals surface area contributed by atoms with Crippen LogP contribution >= 0.6 is 0 Å². The fourth-order valence-corrected chi connectivity index (χ4v) is 3.76. The van der Waals surface area contributed by atoms with Gasteiger partial charge in [0.05, 0.1) is 16.6 Å². The van der Waals surface area contributed by atoms with E-state index in [4.69, 9.17) is 9.47 Å². The molecule has 2 aliphatic rings. The van der Waals surface area contributed by atoms with E-state index in [1.807, 2.05) is 0 Å². The van der Waals surface area contributed by atoms with Crippen LogP contribution in [0.1, 0.15) is 43.0 Å². The standard InChI is InChI=1S/C18H24N2O6S/c1-12(17(21)20-14-6-7-14)26-18(22)13-4-8-16(9-5-13)27(23,24)19-11-15-3-2-10-25-15/h4-5,8-9,12,14-15,19H,2-3,6-7,10-11H2,1H3,(H,20,21)/t12-,15-/m0/s1. The number of hydrogen-bond donors (Lipinski definition) is 2. The predicted molar refractivity (Wildman–Crippen MR) is 96.6 cm³/mol. The minimum absolute atomic E-state index is 0.0524. The number of carbonyl (C=O) groups excluding carboxylic acids is 2. The van der Waals surface area contributed by atoms with Gasteiger partial charge in [0.25, 0.3) is 5.91 Å². The van der Waals surface area contributed by atoms with Crippen molar-refractivity contribution in [3.8, 4) is 0 Å². The molecule has 1 aliphatic heterocycles. The van der Waals surface area contributed by atoms with Gasteiger partial charge >= 0.3 is 5.97 Å². The smallest absolute Gasteiger partial charge is 0.338 e. The predicted octanol–water partition coefficient (Wildman–Crippen LogP) is 0.968. The molecule has 2 fully saturated rings. The lowest BCUT2D eigenvalue weighted by Crippen LogP contribution is -2.37. The Hall–Kier alpha value is -1.97. The molecule has 0 spiro atoms. The van der Waals surface area contributed by atoms with E-state index in [1.54, 1.807) is 0 Å². The summed E-state index contributed by atoms with van der Waals surface area (Å²) in [7, 11) is -3.68. The van der Waals surface area contributed by atoms with E-state index >= 15 is 0 Å². The lowest BCUT2D eigenvalue weighted by molar-refractivity contribution is -0.129. The van der Waals surface area contributed by atoms with Crippen molar-refractivity contribution in [1.29, 1.82) is 0 Å². The van der Waals surface area contributed by atoms with Gasteiger partial charge in [-0.3, -0.25) is 4.79 Å². The van der Waals surface area contributed by atoms with Crippen LogP contribution in [0.2, 0.25) is 0 Å². The Morgan fingerprint density at radius 3 is 2.52 bits per heavy atom. The van der Waals surface area contributed by atoms with Crippen LogP contribution in [0.4, 0.5) is 0 Å². The number of benzene rings is 1. The number of nitrogens with one attached hydrogen (secondary N) is 2. The maximum atomic E-state index is 12.3. The highest BCUT2D eigenvalue weighted by atomic mass is 32.2. The molecule has 8 nitrogen and oxygen atoms in total. The molecule has 0 unspecified atom stereocenters. The molecule has 1 amide bonds. The Morgan fingerprint density at radius 2 is 1.93 bits per heavy atom. The lowest BCUT2D eigenvalue weighted by Gasteiger charge is -2.14. The van der Waals surface area contributed by atoms with Gasteiger partial charge in [-0.05, 0) is 56.9 Å². The monoisotopic (exact) mass is 396 g/mol. The Morgan fingerprint density at radius 1 is 1.22 bits per heavy atom. The van der Waals surface area contributed by atoms with Crippen LogP contribution in [0.15, 0.2) is 29.2 Å². The van der Waals surface area contributed by atoms with Crippen molar-refractivity contribution in [1.82, 2.24) is 10.0 Å². The van der Waals surface area contributed by atoms with Crippen LogP contribution in [-0.4, -0.2) is 51.7 Å². The van der Waals surface area contributed by atoms with Crippen molar-refractivity contribution < 1.29 is 27.5 Å². The highest BCUT2D eigenvalue weighted by molar-refractivity contribution is 7.89. The molecule has 1 saturated carbocycles. The number of amides is 1. The first kappa shape index (κ1) is 19.8. The molecule has 148 valence electrons. The van der Waals surface area contributed by atoms with Crippen molar-refractivity contribution in [2.45, 2.75) is 55.8 Å². The summed E-state index contributed by atoms with van der Waals surface area (Å²) < 4.78 is 37.7. The van der Waals surface area contributed by atoms with Gasteiger partial charge in [-0.25, -0.2) is 17.9 Å². The summed E-state index contributed by atoms with van der Waals surface area (Å²) in [6.45, 7) is 2.38. The van der Waals surface area contributed by atoms with E-state index in [-0.39, 0.29) is 35.1 Å². The van der Waals surface area contributed by atoms with Gasteiger partial charge in [-0.15, -0.1) is 0 Å². The van der Waals surface area contributed by atoms with Gasteiger partial charge in [0.2, 0.25) is 10.0 Å². The van der Waals surface area contributed by atoms with Crippen molar-refractivity contribution in [3.05, 3.63) is 29.8 Å². The lowest BCUT2D eigenvalue weighted by atomic mass is 10.2. The number of esters is 1. The molecule has 2 N–H and O–H groups in total. The summed E-state index contributed by atoms with van der Waals surface area (Å²) in [5.74, 6) is -1.01. The highest BCUT2D eigenvalue weighted by Crippen LogP contribution is 2.19. The highest BCUT2D eigenvalue weighted by Gasteiger charge is 2.27. The third kappa shape index (κ3) is 5.50. The first-order valence-corrected chi connectivity index (χ1v) is 10.6. The van der Waals surface area contributed by atoms with E-state index < -0.39 is 22.1 Å². The van der Waals surface area contributed by atoms with Gasteiger partial charge in [-0.1, -0.05) is 0 Å². The molecule has 27 heavy (non-hydrogen) atoms. The summed E-state index contributed by atoms with van der Waals surface area (Å²) in [4.78, 5) is 24.0. The van der Waals surface area contributed by atoms with Gasteiger partial charge in [-0.2, -0.15) is 0 Å².